The van der Waals surface area contributed by atoms with Crippen LogP contribution >= 0.6 is 0 Å². The normalized spacial score (nSPS) is 17.9. The molecule has 1 rings (SSSR count). The molecule has 1 aliphatic heterocycles. The fourth-order valence-electron chi connectivity index (χ4n) is 1.90. The average Bonchev–Trinajstić information content (AvgIpc) is 2.53. The van der Waals surface area contributed by atoms with Crippen LogP contribution < -0.4 is 5.32 Å². The Morgan fingerprint density at radius 3 is 2.78 bits per heavy atom. The van der Waals surface area contributed by atoms with Crippen LogP contribution in [0, 0.1) is 0 Å². The molecule has 0 aliphatic carbocycles. The third-order valence-electron chi connectivity index (χ3n) is 2.94. The lowest BCUT2D eigenvalue weighted by atomic mass is 10.2. The van der Waals surface area contributed by atoms with Crippen molar-refractivity contribution in [1.82, 2.24) is 10.2 Å². The highest BCUT2D eigenvalue weighted by atomic mass is 16.5. The molecule has 1 saturated heterocycles. The van der Waals surface area contributed by atoms with Gasteiger partial charge in [-0.15, -0.1) is 0 Å². The molecule has 0 saturated carbocycles. The molecule has 1 fully saturated rings. The van der Waals surface area contributed by atoms with Crippen molar-refractivity contribution >= 4 is 17.8 Å². The highest BCUT2D eigenvalue weighted by Gasteiger charge is 2.21. The number of carbonyl (C=O) groups excluding carboxylic acids is 3. The molecule has 18 heavy (non-hydrogen) atoms. The Bertz CT molecular complexity index is 330. The van der Waals surface area contributed by atoms with Gasteiger partial charge in [0.05, 0.1) is 13.7 Å². The number of esters is 1. The molecular weight excluding hydrogens is 236 g/mol. The second-order valence-electron chi connectivity index (χ2n) is 4.44. The van der Waals surface area contributed by atoms with E-state index in [9.17, 15) is 14.4 Å². The van der Waals surface area contributed by atoms with Gasteiger partial charge < -0.3 is 15.0 Å². The number of nitrogens with one attached hydrogen (secondary N) is 1. The molecule has 102 valence electrons. The van der Waals surface area contributed by atoms with Gasteiger partial charge in [-0.25, -0.2) is 4.79 Å². The molecule has 1 heterocycles. The van der Waals surface area contributed by atoms with Crippen LogP contribution in [-0.2, 0) is 19.1 Å². The van der Waals surface area contributed by atoms with E-state index in [1.165, 1.54) is 7.11 Å². The molecule has 0 spiro atoms. The number of carbonyl (C=O) groups is 3. The predicted molar refractivity (Wildman–Crippen MR) is 64.7 cm³/mol. The van der Waals surface area contributed by atoms with E-state index in [0.29, 0.717) is 13.0 Å². The van der Waals surface area contributed by atoms with Gasteiger partial charge in [0.15, 0.2) is 0 Å². The van der Waals surface area contributed by atoms with Gasteiger partial charge in [-0.05, 0) is 19.8 Å². The van der Waals surface area contributed by atoms with Crippen LogP contribution in [0.2, 0.25) is 0 Å². The SMILES string of the molecule is COC(=O)C(C)NC(=O)CN1CCCCCC1=O. The summed E-state index contributed by atoms with van der Waals surface area (Å²) < 4.78 is 4.51. The summed E-state index contributed by atoms with van der Waals surface area (Å²) in [6.45, 7) is 2.17. The van der Waals surface area contributed by atoms with Crippen molar-refractivity contribution in [2.24, 2.45) is 0 Å². The van der Waals surface area contributed by atoms with Crippen LogP contribution in [0.5, 0.6) is 0 Å². The lowest BCUT2D eigenvalue weighted by Gasteiger charge is -2.20. The summed E-state index contributed by atoms with van der Waals surface area (Å²) in [6, 6.07) is -0.690. The molecule has 2 amide bonds. The van der Waals surface area contributed by atoms with Gasteiger partial charge >= 0.3 is 5.97 Å². The molecule has 0 radical (unpaired) electrons. The second-order valence-corrected chi connectivity index (χ2v) is 4.44. The molecule has 0 aromatic carbocycles. The quantitative estimate of drug-likeness (QED) is 0.722. The van der Waals surface area contributed by atoms with E-state index in [0.717, 1.165) is 19.3 Å². The van der Waals surface area contributed by atoms with E-state index in [1.807, 2.05) is 0 Å². The van der Waals surface area contributed by atoms with Crippen molar-refractivity contribution in [3.05, 3.63) is 0 Å². The zero-order chi connectivity index (χ0) is 13.5. The third kappa shape index (κ3) is 4.35. The molecule has 6 nitrogen and oxygen atoms in total. The van der Waals surface area contributed by atoms with Crippen LogP contribution in [0.25, 0.3) is 0 Å². The number of hydrogen-bond acceptors (Lipinski definition) is 4. The lowest BCUT2D eigenvalue weighted by Crippen LogP contribution is -2.46. The Balaban J connectivity index is 2.43. The zero-order valence-electron chi connectivity index (χ0n) is 10.9. The maximum Gasteiger partial charge on any atom is 0.328 e. The summed E-state index contributed by atoms with van der Waals surface area (Å²) in [5.74, 6) is -0.818. The fraction of sp³-hybridized carbons (Fsp3) is 0.750. The topological polar surface area (TPSA) is 75.7 Å². The summed E-state index contributed by atoms with van der Waals surface area (Å²) >= 11 is 0. The van der Waals surface area contributed by atoms with Gasteiger partial charge in [0, 0.05) is 13.0 Å². The second kappa shape index (κ2) is 6.98. The molecule has 0 bridgehead atoms. The first-order chi connectivity index (χ1) is 8.54. The molecule has 1 unspecified atom stereocenters. The van der Waals surface area contributed by atoms with E-state index in [2.05, 4.69) is 10.1 Å². The van der Waals surface area contributed by atoms with Crippen LogP contribution in [0.4, 0.5) is 0 Å². The summed E-state index contributed by atoms with van der Waals surface area (Å²) in [4.78, 5) is 36.1. The number of rotatable bonds is 4. The summed E-state index contributed by atoms with van der Waals surface area (Å²) in [7, 11) is 1.27. The van der Waals surface area contributed by atoms with Crippen molar-refractivity contribution in [2.75, 3.05) is 20.2 Å². The lowest BCUT2D eigenvalue weighted by molar-refractivity contribution is -0.145. The highest BCUT2D eigenvalue weighted by molar-refractivity contribution is 5.88. The van der Waals surface area contributed by atoms with Gasteiger partial charge in [-0.1, -0.05) is 6.42 Å². The molecular formula is C12H20N2O4. The van der Waals surface area contributed by atoms with Crippen LogP contribution in [0.3, 0.4) is 0 Å². The predicted octanol–water partition coefficient (Wildman–Crippen LogP) is 0.0667. The largest absolute Gasteiger partial charge is 0.467 e. The van der Waals surface area contributed by atoms with E-state index in [-0.39, 0.29) is 18.4 Å². The maximum atomic E-state index is 11.7. The van der Waals surface area contributed by atoms with Gasteiger partial charge in [0.25, 0.3) is 0 Å². The van der Waals surface area contributed by atoms with Crippen molar-refractivity contribution in [1.29, 1.82) is 0 Å². The van der Waals surface area contributed by atoms with Gasteiger partial charge in [-0.2, -0.15) is 0 Å². The molecule has 1 N–H and O–H groups in total. The Morgan fingerprint density at radius 2 is 2.11 bits per heavy atom. The van der Waals surface area contributed by atoms with E-state index < -0.39 is 12.0 Å². The maximum absolute atomic E-state index is 11.7. The van der Waals surface area contributed by atoms with Gasteiger partial charge in [0.1, 0.15) is 6.04 Å². The minimum atomic E-state index is -0.690. The average molecular weight is 256 g/mol. The fourth-order valence-corrected chi connectivity index (χ4v) is 1.90. The number of hydrogen-bond donors (Lipinski definition) is 1. The van der Waals surface area contributed by atoms with E-state index in [4.69, 9.17) is 0 Å². The molecule has 6 heteroatoms. The summed E-state index contributed by atoms with van der Waals surface area (Å²) in [5, 5.41) is 2.51. The van der Waals surface area contributed by atoms with Crippen LogP contribution in [0.1, 0.15) is 32.6 Å². The zero-order valence-corrected chi connectivity index (χ0v) is 10.9. The molecule has 0 aromatic heterocycles. The minimum absolute atomic E-state index is 0.00775. The van der Waals surface area contributed by atoms with Gasteiger partial charge in [-0.3, -0.25) is 9.59 Å². The third-order valence-corrected chi connectivity index (χ3v) is 2.94. The summed E-state index contributed by atoms with van der Waals surface area (Å²) in [5.41, 5.74) is 0. The number of ether oxygens (including phenoxy) is 1. The Kier molecular flexibility index (Phi) is 5.61. The first kappa shape index (κ1) is 14.5. The van der Waals surface area contributed by atoms with Crippen molar-refractivity contribution < 1.29 is 19.1 Å². The van der Waals surface area contributed by atoms with Crippen LogP contribution in [-0.4, -0.2) is 48.9 Å². The number of methoxy groups -OCH3 is 1. The highest BCUT2D eigenvalue weighted by Crippen LogP contribution is 2.10. The van der Waals surface area contributed by atoms with Gasteiger partial charge in [0.2, 0.25) is 11.8 Å². The number of amides is 2. The standard InChI is InChI=1S/C12H20N2O4/c1-9(12(17)18-2)13-10(15)8-14-7-5-3-4-6-11(14)16/h9H,3-8H2,1-2H3,(H,13,15). The Hall–Kier alpha value is -1.59. The smallest absolute Gasteiger partial charge is 0.328 e. The molecule has 1 atom stereocenters. The Labute approximate surface area is 107 Å². The van der Waals surface area contributed by atoms with Crippen molar-refractivity contribution in [2.45, 2.75) is 38.6 Å². The molecule has 0 aromatic rings. The number of likely N-dealkylation sites (tertiary alicyclic amines) is 1. The first-order valence-electron chi connectivity index (χ1n) is 6.19. The number of nitrogens with zero attached hydrogens (tertiary/aromatic N) is 1. The Morgan fingerprint density at radius 1 is 1.39 bits per heavy atom. The monoisotopic (exact) mass is 256 g/mol. The van der Waals surface area contributed by atoms with Crippen molar-refractivity contribution in [3.8, 4) is 0 Å². The summed E-state index contributed by atoms with van der Waals surface area (Å²) in [6.07, 6.45) is 3.32. The van der Waals surface area contributed by atoms with E-state index in [1.54, 1.807) is 11.8 Å². The molecule has 1 aliphatic rings. The van der Waals surface area contributed by atoms with Crippen molar-refractivity contribution in [3.63, 3.8) is 0 Å². The van der Waals surface area contributed by atoms with Crippen LogP contribution in [0.15, 0.2) is 0 Å². The van der Waals surface area contributed by atoms with E-state index >= 15 is 0 Å². The first-order valence-corrected chi connectivity index (χ1v) is 6.19. The minimum Gasteiger partial charge on any atom is -0.467 e.